The standard InChI is InChI=1S/H2O.H4Si.Sn.Zn.2H/h1H2;1H4;;;;. The molecule has 0 saturated heterocycles. The van der Waals surface area contributed by atoms with Gasteiger partial charge in [-0.2, -0.15) is 0 Å². The molecule has 0 unspecified atom stereocenters. The summed E-state index contributed by atoms with van der Waals surface area (Å²) in [6.45, 7) is 0. The van der Waals surface area contributed by atoms with E-state index in [0.29, 0.717) is 0 Å². The SMILES string of the molecule is O.[SiH4].[SnH2].[Zn]. The Bertz CT molecular complexity index is 8.00. The smallest absolute Gasteiger partial charge is 0 e. The summed E-state index contributed by atoms with van der Waals surface area (Å²) >= 11 is 0. The molecule has 0 fully saturated rings. The molecule has 4 heavy (non-hydrogen) atoms. The molecule has 0 atom stereocenters. The maximum absolute atomic E-state index is 0. The predicted molar refractivity (Wildman–Crippen MR) is 23.5 cm³/mol. The number of rotatable bonds is 0. The first-order chi connectivity index (χ1) is 0. The maximum atomic E-state index is 0. The van der Waals surface area contributed by atoms with Gasteiger partial charge in [0.05, 0.1) is 0 Å². The number of hydrogen-bond donors (Lipinski definition) is 0. The summed E-state index contributed by atoms with van der Waals surface area (Å²) in [6.07, 6.45) is 0. The van der Waals surface area contributed by atoms with E-state index in [0.717, 1.165) is 0 Å². The van der Waals surface area contributed by atoms with E-state index in [1.807, 2.05) is 0 Å². The molecule has 0 heterocycles. The van der Waals surface area contributed by atoms with Crippen molar-refractivity contribution in [1.82, 2.24) is 0 Å². The molecule has 2 radical (unpaired) electrons. The van der Waals surface area contributed by atoms with Crippen molar-refractivity contribution in [1.29, 1.82) is 0 Å². The van der Waals surface area contributed by atoms with E-state index in [9.17, 15) is 0 Å². The van der Waals surface area contributed by atoms with Gasteiger partial charge in [-0.3, -0.25) is 0 Å². The van der Waals surface area contributed by atoms with Crippen molar-refractivity contribution in [3.8, 4) is 0 Å². The first kappa shape index (κ1) is 46.3. The Hall–Kier alpha value is 1.60. The van der Waals surface area contributed by atoms with E-state index in [2.05, 4.69) is 0 Å². The Morgan fingerprint density at radius 2 is 1.00 bits per heavy atom. The molecule has 0 aromatic carbocycles. The van der Waals surface area contributed by atoms with Gasteiger partial charge in [0.1, 0.15) is 0 Å². The van der Waals surface area contributed by atoms with Crippen LogP contribution in [0.15, 0.2) is 0 Å². The molecule has 1 nitrogen and oxygen atoms in total. The van der Waals surface area contributed by atoms with Gasteiger partial charge in [-0.05, 0) is 11.0 Å². The van der Waals surface area contributed by atoms with Gasteiger partial charge < -0.3 is 5.48 Å². The molecule has 0 aliphatic heterocycles. The molecule has 0 aliphatic carbocycles. The Balaban J connectivity index is 0. The maximum Gasteiger partial charge on any atom is 0 e. The van der Waals surface area contributed by atoms with Crippen molar-refractivity contribution in [3.63, 3.8) is 0 Å². The van der Waals surface area contributed by atoms with Crippen molar-refractivity contribution < 1.29 is 25.0 Å². The van der Waals surface area contributed by atoms with Crippen molar-refractivity contribution in [3.05, 3.63) is 0 Å². The fourth-order valence-corrected chi connectivity index (χ4v) is 0. The summed E-state index contributed by atoms with van der Waals surface area (Å²) in [7, 11) is 0. The summed E-state index contributed by atoms with van der Waals surface area (Å²) in [5, 5.41) is 0. The molecule has 0 bridgehead atoms. The van der Waals surface area contributed by atoms with Gasteiger partial charge in [-0.1, -0.05) is 0 Å². The van der Waals surface area contributed by atoms with Crippen molar-refractivity contribution in [2.45, 2.75) is 0 Å². The van der Waals surface area contributed by atoms with E-state index in [4.69, 9.17) is 0 Å². The summed E-state index contributed by atoms with van der Waals surface area (Å²) < 4.78 is 0. The van der Waals surface area contributed by atoms with Crippen LogP contribution < -0.4 is 0 Å². The molecule has 0 saturated carbocycles. The van der Waals surface area contributed by atoms with Crippen molar-refractivity contribution >= 4 is 34.9 Å². The summed E-state index contributed by atoms with van der Waals surface area (Å²) in [5.41, 5.74) is 0. The largest absolute Gasteiger partial charge is 0 e. The van der Waals surface area contributed by atoms with Crippen LogP contribution in [-0.4, -0.2) is 40.3 Å². The van der Waals surface area contributed by atoms with Crippen LogP contribution in [-0.2, 0) is 19.5 Å². The second kappa shape index (κ2) is 23.3. The topological polar surface area (TPSA) is 31.5 Å². The van der Waals surface area contributed by atoms with Crippen LogP contribution in [0.5, 0.6) is 0 Å². The fourth-order valence-electron chi connectivity index (χ4n) is 0. The average molecular weight is 236 g/mol. The van der Waals surface area contributed by atoms with E-state index in [1.165, 1.54) is 0 Å². The van der Waals surface area contributed by atoms with E-state index in [-0.39, 0.29) is 59.8 Å². The summed E-state index contributed by atoms with van der Waals surface area (Å²) in [4.78, 5) is 0. The second-order valence-corrected chi connectivity index (χ2v) is 0. The normalized spacial score (nSPS) is 0. The Morgan fingerprint density at radius 1 is 1.00 bits per heavy atom. The van der Waals surface area contributed by atoms with Crippen molar-refractivity contribution in [2.75, 3.05) is 0 Å². The third-order valence-electron chi connectivity index (χ3n) is 0. The second-order valence-electron chi connectivity index (χ2n) is 0. The zero-order valence-corrected chi connectivity index (χ0v) is 8.92. The van der Waals surface area contributed by atoms with Crippen LogP contribution in [0.2, 0.25) is 0 Å². The third kappa shape index (κ3) is 9.51. The molecule has 0 aliphatic rings. The van der Waals surface area contributed by atoms with E-state index in [1.54, 1.807) is 0 Å². The summed E-state index contributed by atoms with van der Waals surface area (Å²) in [6, 6.07) is 0. The Kier molecular flexibility index (Phi) is 270. The van der Waals surface area contributed by atoms with Gasteiger partial charge in [0, 0.05) is 19.5 Å². The molecule has 0 aromatic heterocycles. The minimum absolute atomic E-state index is 0. The van der Waals surface area contributed by atoms with Gasteiger partial charge in [0.15, 0.2) is 0 Å². The molecular weight excluding hydrogens is 228 g/mol. The first-order valence-electron chi connectivity index (χ1n) is 0. The van der Waals surface area contributed by atoms with Crippen molar-refractivity contribution in [2.24, 2.45) is 0 Å². The molecule has 0 amide bonds. The van der Waals surface area contributed by atoms with Crippen LogP contribution in [0.4, 0.5) is 0 Å². The molecule has 0 aromatic rings. The Labute approximate surface area is 59.6 Å². The fraction of sp³-hybridized carbons (Fsp3) is 0. The molecule has 24 valence electrons. The Morgan fingerprint density at radius 3 is 1.00 bits per heavy atom. The molecule has 0 spiro atoms. The van der Waals surface area contributed by atoms with Gasteiger partial charge in [-0.15, -0.1) is 0 Å². The minimum atomic E-state index is 0. The van der Waals surface area contributed by atoms with Crippen LogP contribution in [0.25, 0.3) is 0 Å². The van der Waals surface area contributed by atoms with Crippen LogP contribution >= 0.6 is 0 Å². The van der Waals surface area contributed by atoms with Gasteiger partial charge >= 0.3 is 23.9 Å². The average Bonchev–Trinajstić information content (AvgIpc) is 0. The number of hydrogen-bond acceptors (Lipinski definition) is 0. The van der Waals surface area contributed by atoms with Crippen LogP contribution in [0.3, 0.4) is 0 Å². The molecular formula is H8OSiSnZn. The van der Waals surface area contributed by atoms with Crippen LogP contribution in [0.1, 0.15) is 0 Å². The van der Waals surface area contributed by atoms with E-state index < -0.39 is 0 Å². The zero-order chi connectivity index (χ0) is 0. The zero-order valence-electron chi connectivity index (χ0n) is 1.91. The van der Waals surface area contributed by atoms with E-state index >= 15 is 0 Å². The quantitative estimate of drug-likeness (QED) is 0.397. The first-order valence-corrected chi connectivity index (χ1v) is 0. The van der Waals surface area contributed by atoms with Gasteiger partial charge in [-0.25, -0.2) is 0 Å². The third-order valence-corrected chi connectivity index (χ3v) is 0. The van der Waals surface area contributed by atoms with Gasteiger partial charge in [0.25, 0.3) is 0 Å². The molecule has 0 rings (SSSR count). The molecule has 2 N–H and O–H groups in total. The minimum Gasteiger partial charge on any atom is 0 e. The van der Waals surface area contributed by atoms with Gasteiger partial charge in [0.2, 0.25) is 0 Å². The predicted octanol–water partition coefficient (Wildman–Crippen LogP) is -3.20. The monoisotopic (exact) mass is 236 g/mol. The molecule has 4 heteroatoms. The summed E-state index contributed by atoms with van der Waals surface area (Å²) in [5.74, 6) is 0. The van der Waals surface area contributed by atoms with Crippen LogP contribution in [0, 0.1) is 0 Å².